The van der Waals surface area contributed by atoms with Crippen molar-refractivity contribution in [1.29, 1.82) is 0 Å². The standard InChI is InChI=1S/C24H22N2O3S/c27-23(25-14-19-6-1-2-10-20(19)24(28)29)18-9-3-5-16(13-18)11-12-22-26-21(15-30-22)17-7-4-8-17/h1-3,5-6,9-13,15,17H,4,7-8,14H2,(H,25,27)(H,28,29)/b12-11+. The molecule has 3 aromatic rings. The van der Waals surface area contributed by atoms with E-state index in [1.54, 1.807) is 35.6 Å². The number of nitrogens with one attached hydrogen (secondary N) is 1. The summed E-state index contributed by atoms with van der Waals surface area (Å²) in [4.78, 5) is 28.5. The molecule has 4 rings (SSSR count). The van der Waals surface area contributed by atoms with Crippen LogP contribution in [-0.2, 0) is 6.54 Å². The molecule has 1 heterocycles. The van der Waals surface area contributed by atoms with Crippen LogP contribution in [0.5, 0.6) is 0 Å². The van der Waals surface area contributed by atoms with Crippen LogP contribution in [0.1, 0.15) is 67.7 Å². The van der Waals surface area contributed by atoms with Gasteiger partial charge in [-0.15, -0.1) is 11.3 Å². The summed E-state index contributed by atoms with van der Waals surface area (Å²) < 4.78 is 0. The molecule has 1 aliphatic carbocycles. The Hall–Kier alpha value is -3.25. The predicted octanol–water partition coefficient (Wildman–Crippen LogP) is 5.21. The number of carbonyl (C=O) groups excluding carboxylic acids is 1. The number of benzene rings is 2. The van der Waals surface area contributed by atoms with Crippen LogP contribution < -0.4 is 5.32 Å². The van der Waals surface area contributed by atoms with Crippen LogP contribution in [0, 0.1) is 0 Å². The molecular weight excluding hydrogens is 396 g/mol. The van der Waals surface area contributed by atoms with Crippen molar-refractivity contribution in [2.45, 2.75) is 31.7 Å². The third-order valence-corrected chi connectivity index (χ3v) is 6.15. The lowest BCUT2D eigenvalue weighted by atomic mass is 9.83. The summed E-state index contributed by atoms with van der Waals surface area (Å²) in [7, 11) is 0. The molecule has 5 nitrogen and oxygen atoms in total. The molecule has 2 aromatic carbocycles. The first kappa shape index (κ1) is 20.0. The number of thiazole rings is 1. The highest BCUT2D eigenvalue weighted by molar-refractivity contribution is 7.10. The zero-order valence-electron chi connectivity index (χ0n) is 16.4. The van der Waals surface area contributed by atoms with Gasteiger partial charge < -0.3 is 10.4 Å². The highest BCUT2D eigenvalue weighted by Gasteiger charge is 2.21. The Morgan fingerprint density at radius 1 is 1.13 bits per heavy atom. The van der Waals surface area contributed by atoms with E-state index in [-0.39, 0.29) is 18.0 Å². The average Bonchev–Trinajstić information content (AvgIpc) is 3.17. The predicted molar refractivity (Wildman–Crippen MR) is 119 cm³/mol. The van der Waals surface area contributed by atoms with Gasteiger partial charge in [-0.3, -0.25) is 4.79 Å². The Morgan fingerprint density at radius 2 is 1.97 bits per heavy atom. The summed E-state index contributed by atoms with van der Waals surface area (Å²) in [5, 5.41) is 15.2. The second-order valence-electron chi connectivity index (χ2n) is 7.34. The molecule has 0 aliphatic heterocycles. The lowest BCUT2D eigenvalue weighted by Crippen LogP contribution is -2.24. The molecule has 30 heavy (non-hydrogen) atoms. The zero-order valence-corrected chi connectivity index (χ0v) is 17.2. The largest absolute Gasteiger partial charge is 0.478 e. The molecule has 0 unspecified atom stereocenters. The van der Waals surface area contributed by atoms with E-state index in [4.69, 9.17) is 4.98 Å². The summed E-state index contributed by atoms with van der Waals surface area (Å²) in [6.45, 7) is 0.157. The van der Waals surface area contributed by atoms with Crippen LogP contribution >= 0.6 is 11.3 Å². The van der Waals surface area contributed by atoms with Crippen LogP contribution in [0.15, 0.2) is 53.9 Å². The number of amides is 1. The molecule has 0 spiro atoms. The van der Waals surface area contributed by atoms with Crippen LogP contribution in [0.2, 0.25) is 0 Å². The van der Waals surface area contributed by atoms with Crippen LogP contribution in [0.3, 0.4) is 0 Å². The molecular formula is C24H22N2O3S. The minimum Gasteiger partial charge on any atom is -0.478 e. The number of nitrogens with zero attached hydrogens (tertiary/aromatic N) is 1. The molecule has 1 amide bonds. The van der Waals surface area contributed by atoms with Crippen molar-refractivity contribution in [3.63, 3.8) is 0 Å². The summed E-state index contributed by atoms with van der Waals surface area (Å²) in [6, 6.07) is 14.0. The highest BCUT2D eigenvalue weighted by atomic mass is 32.1. The smallest absolute Gasteiger partial charge is 0.336 e. The Balaban J connectivity index is 1.41. The number of hydrogen-bond donors (Lipinski definition) is 2. The first-order chi connectivity index (χ1) is 14.6. The van der Waals surface area contributed by atoms with Gasteiger partial charge in [-0.05, 0) is 48.2 Å². The van der Waals surface area contributed by atoms with Gasteiger partial charge in [0.05, 0.1) is 11.3 Å². The fraction of sp³-hybridized carbons (Fsp3) is 0.208. The molecule has 2 N–H and O–H groups in total. The molecule has 6 heteroatoms. The third kappa shape index (κ3) is 4.66. The van der Waals surface area contributed by atoms with Gasteiger partial charge in [-0.1, -0.05) is 42.8 Å². The van der Waals surface area contributed by atoms with Crippen molar-refractivity contribution in [1.82, 2.24) is 10.3 Å². The van der Waals surface area contributed by atoms with E-state index in [0.29, 0.717) is 17.0 Å². The SMILES string of the molecule is O=C(NCc1ccccc1C(=O)O)c1cccc(/C=C/c2nc(C3CCC3)cs2)c1. The monoisotopic (exact) mass is 418 g/mol. The summed E-state index contributed by atoms with van der Waals surface area (Å²) >= 11 is 1.64. The number of carboxylic acids is 1. The maximum atomic E-state index is 12.6. The van der Waals surface area contributed by atoms with Gasteiger partial charge in [-0.2, -0.15) is 0 Å². The van der Waals surface area contributed by atoms with E-state index >= 15 is 0 Å². The van der Waals surface area contributed by atoms with E-state index in [1.165, 1.54) is 31.0 Å². The fourth-order valence-corrected chi connectivity index (χ4v) is 4.17. The minimum absolute atomic E-state index is 0.157. The number of rotatable bonds is 7. The van der Waals surface area contributed by atoms with Gasteiger partial charge >= 0.3 is 5.97 Å². The Labute approximate surface area is 179 Å². The van der Waals surface area contributed by atoms with Gasteiger partial charge in [0, 0.05) is 23.4 Å². The summed E-state index contributed by atoms with van der Waals surface area (Å²) in [5.74, 6) is -0.622. The van der Waals surface area contributed by atoms with Gasteiger partial charge in [0.2, 0.25) is 0 Å². The summed E-state index contributed by atoms with van der Waals surface area (Å²) in [5.41, 5.74) is 3.40. The van der Waals surface area contributed by atoms with Gasteiger partial charge in [0.1, 0.15) is 5.01 Å². The average molecular weight is 419 g/mol. The quantitative estimate of drug-likeness (QED) is 0.552. The molecule has 0 atom stereocenters. The fourth-order valence-electron chi connectivity index (χ4n) is 3.38. The topological polar surface area (TPSA) is 79.3 Å². The van der Waals surface area contributed by atoms with E-state index < -0.39 is 5.97 Å². The van der Waals surface area contributed by atoms with E-state index in [2.05, 4.69) is 10.7 Å². The number of hydrogen-bond acceptors (Lipinski definition) is 4. The van der Waals surface area contributed by atoms with Crippen molar-refractivity contribution in [3.05, 3.63) is 86.9 Å². The molecule has 0 saturated heterocycles. The van der Waals surface area contributed by atoms with Crippen molar-refractivity contribution in [2.24, 2.45) is 0 Å². The van der Waals surface area contributed by atoms with Gasteiger partial charge in [0.15, 0.2) is 0 Å². The van der Waals surface area contributed by atoms with Gasteiger partial charge in [0.25, 0.3) is 5.91 Å². The second-order valence-corrected chi connectivity index (χ2v) is 8.23. The van der Waals surface area contributed by atoms with Crippen molar-refractivity contribution in [2.75, 3.05) is 0 Å². The van der Waals surface area contributed by atoms with E-state index in [1.807, 2.05) is 30.4 Å². The van der Waals surface area contributed by atoms with Crippen LogP contribution in [0.25, 0.3) is 12.2 Å². The van der Waals surface area contributed by atoms with Crippen molar-refractivity contribution < 1.29 is 14.7 Å². The normalized spacial score (nSPS) is 13.9. The maximum Gasteiger partial charge on any atom is 0.336 e. The third-order valence-electron chi connectivity index (χ3n) is 5.32. The Bertz CT molecular complexity index is 1100. The lowest BCUT2D eigenvalue weighted by Gasteiger charge is -2.22. The first-order valence-electron chi connectivity index (χ1n) is 9.93. The first-order valence-corrected chi connectivity index (χ1v) is 10.8. The number of aromatic carboxylic acids is 1. The second kappa shape index (κ2) is 9.05. The Morgan fingerprint density at radius 3 is 2.73 bits per heavy atom. The van der Waals surface area contributed by atoms with Crippen LogP contribution in [-0.4, -0.2) is 22.0 Å². The number of carbonyl (C=O) groups is 2. The number of aromatic nitrogens is 1. The molecule has 152 valence electrons. The minimum atomic E-state index is -1.00. The van der Waals surface area contributed by atoms with Crippen LogP contribution in [0.4, 0.5) is 0 Å². The molecule has 0 radical (unpaired) electrons. The number of carboxylic acid groups (broad SMARTS) is 1. The Kier molecular flexibility index (Phi) is 6.05. The van der Waals surface area contributed by atoms with E-state index in [0.717, 1.165) is 10.6 Å². The highest BCUT2D eigenvalue weighted by Crippen LogP contribution is 2.36. The maximum absolute atomic E-state index is 12.6. The van der Waals surface area contributed by atoms with Crippen molar-refractivity contribution >= 4 is 35.4 Å². The van der Waals surface area contributed by atoms with Crippen molar-refractivity contribution in [3.8, 4) is 0 Å². The molecule has 0 bridgehead atoms. The lowest BCUT2D eigenvalue weighted by molar-refractivity contribution is 0.0694. The molecule has 1 aliphatic rings. The molecule has 1 saturated carbocycles. The summed E-state index contributed by atoms with van der Waals surface area (Å²) in [6.07, 6.45) is 7.71. The molecule has 1 aromatic heterocycles. The zero-order chi connectivity index (χ0) is 20.9. The van der Waals surface area contributed by atoms with E-state index in [9.17, 15) is 14.7 Å². The molecule has 1 fully saturated rings. The van der Waals surface area contributed by atoms with Gasteiger partial charge in [-0.25, -0.2) is 9.78 Å².